The highest BCUT2D eigenvalue weighted by molar-refractivity contribution is 5.83. The lowest BCUT2D eigenvalue weighted by Gasteiger charge is -2.24. The third-order valence-corrected chi connectivity index (χ3v) is 4.99. The molecule has 2 fully saturated rings. The molecule has 0 radical (unpaired) electrons. The minimum atomic E-state index is -1.12. The monoisotopic (exact) mass is 388 g/mol. The van der Waals surface area contributed by atoms with Gasteiger partial charge in [-0.05, 0) is 7.05 Å². The third kappa shape index (κ3) is 4.05. The van der Waals surface area contributed by atoms with Crippen LogP contribution in [0.25, 0.3) is 0 Å². The van der Waals surface area contributed by atoms with E-state index in [2.05, 4.69) is 0 Å². The van der Waals surface area contributed by atoms with E-state index in [4.69, 9.17) is 9.90 Å². The summed E-state index contributed by atoms with van der Waals surface area (Å²) in [6.45, 7) is 0.881. The minimum Gasteiger partial charge on any atom is -0.483 e. The largest absolute Gasteiger partial charge is 0.483 e. The molecule has 27 heavy (non-hydrogen) atoms. The Morgan fingerprint density at radius 2 is 1.78 bits per heavy atom. The number of aliphatic carboxylic acids is 1. The van der Waals surface area contributed by atoms with Gasteiger partial charge in [0.1, 0.15) is 22.9 Å². The summed E-state index contributed by atoms with van der Waals surface area (Å²) < 4.78 is 40.3. The van der Waals surface area contributed by atoms with Crippen molar-refractivity contribution in [1.29, 1.82) is 0 Å². The smallest absolute Gasteiger partial charge is 0.313 e. The molecular formula is C17H19F3N2O5. The summed E-state index contributed by atoms with van der Waals surface area (Å²) in [5, 5.41) is 16.5. The van der Waals surface area contributed by atoms with E-state index in [0.29, 0.717) is 25.2 Å². The van der Waals surface area contributed by atoms with Gasteiger partial charge in [-0.2, -0.15) is 0 Å². The van der Waals surface area contributed by atoms with Crippen LogP contribution in [0.4, 0.5) is 13.2 Å². The average molecular weight is 388 g/mol. The van der Waals surface area contributed by atoms with Crippen LogP contribution in [0.1, 0.15) is 5.56 Å². The number of likely N-dealkylation sites (tertiary alicyclic amines) is 2. The van der Waals surface area contributed by atoms with Crippen molar-refractivity contribution in [3.05, 3.63) is 35.1 Å². The molecular weight excluding hydrogens is 369 g/mol. The lowest BCUT2D eigenvalue weighted by Crippen LogP contribution is -2.41. The molecule has 1 aromatic rings. The topological polar surface area (TPSA) is 98.2 Å². The SMILES string of the molecule is CN1C[C@H]2CN(C(=O)Cc3c(F)cc(F)cc3F)C[C@@]2(C(=O)O)C1.O=CO. The molecule has 7 nitrogen and oxygen atoms in total. The number of fused-ring (bicyclic) bond motifs is 1. The van der Waals surface area contributed by atoms with Crippen molar-refractivity contribution < 1.29 is 37.8 Å². The number of rotatable bonds is 3. The van der Waals surface area contributed by atoms with E-state index in [1.807, 2.05) is 11.9 Å². The van der Waals surface area contributed by atoms with Gasteiger partial charge in [0.05, 0.1) is 6.42 Å². The van der Waals surface area contributed by atoms with Crippen LogP contribution in [-0.2, 0) is 20.8 Å². The van der Waals surface area contributed by atoms with Crippen molar-refractivity contribution in [3.63, 3.8) is 0 Å². The van der Waals surface area contributed by atoms with E-state index in [-0.39, 0.29) is 25.5 Å². The number of benzene rings is 1. The Labute approximate surface area is 153 Å². The van der Waals surface area contributed by atoms with Crippen LogP contribution in [-0.4, -0.2) is 71.6 Å². The van der Waals surface area contributed by atoms with Gasteiger partial charge in [-0.1, -0.05) is 0 Å². The van der Waals surface area contributed by atoms with Crippen LogP contribution < -0.4 is 0 Å². The number of halogens is 3. The van der Waals surface area contributed by atoms with Crippen LogP contribution in [0, 0.1) is 28.8 Å². The Balaban J connectivity index is 0.000000817. The molecule has 0 saturated carbocycles. The molecule has 0 unspecified atom stereocenters. The number of carboxylic acid groups (broad SMARTS) is 2. The van der Waals surface area contributed by atoms with Crippen molar-refractivity contribution in [2.24, 2.45) is 11.3 Å². The molecule has 10 heteroatoms. The minimum absolute atomic E-state index is 0.0145. The van der Waals surface area contributed by atoms with E-state index < -0.39 is 46.7 Å². The first-order chi connectivity index (χ1) is 12.6. The molecule has 2 aliphatic heterocycles. The van der Waals surface area contributed by atoms with E-state index in [1.165, 1.54) is 4.90 Å². The standard InChI is InChI=1S/C16H17F3N2O3.CH2O2/c1-20-5-9-6-21(8-16(9,7-20)15(23)24)14(22)4-11-12(18)2-10(17)3-13(11)19;2-1-3/h2-3,9H,4-8H2,1H3,(H,23,24);1H,(H,2,3)/t9-,16-;/m0./s1. The van der Waals surface area contributed by atoms with Crippen molar-refractivity contribution >= 4 is 18.3 Å². The van der Waals surface area contributed by atoms with Gasteiger partial charge >= 0.3 is 5.97 Å². The second-order valence-corrected chi connectivity index (χ2v) is 6.76. The molecule has 3 rings (SSSR count). The second-order valence-electron chi connectivity index (χ2n) is 6.76. The second kappa shape index (κ2) is 7.95. The number of carbonyl (C=O) groups is 3. The lowest BCUT2D eigenvalue weighted by molar-refractivity contribution is -0.149. The Morgan fingerprint density at radius 3 is 2.26 bits per heavy atom. The highest BCUT2D eigenvalue weighted by Gasteiger charge is 2.57. The van der Waals surface area contributed by atoms with E-state index in [1.54, 1.807) is 0 Å². The number of amides is 1. The molecule has 2 heterocycles. The normalized spacial score (nSPS) is 24.1. The lowest BCUT2D eigenvalue weighted by atomic mass is 9.81. The van der Waals surface area contributed by atoms with Crippen LogP contribution in [0.3, 0.4) is 0 Å². The quantitative estimate of drug-likeness (QED) is 0.744. The first-order valence-corrected chi connectivity index (χ1v) is 8.05. The molecule has 2 saturated heterocycles. The van der Waals surface area contributed by atoms with E-state index in [9.17, 15) is 27.9 Å². The average Bonchev–Trinajstić information content (AvgIpc) is 3.05. The summed E-state index contributed by atoms with van der Waals surface area (Å²) in [5.41, 5.74) is -1.54. The zero-order valence-electron chi connectivity index (χ0n) is 14.5. The fraction of sp³-hybridized carbons (Fsp3) is 0.471. The number of carbonyl (C=O) groups excluding carboxylic acids is 1. The summed E-state index contributed by atoms with van der Waals surface area (Å²) in [6.07, 6.45) is -0.559. The zero-order chi connectivity index (χ0) is 20.4. The number of carboxylic acids is 1. The third-order valence-electron chi connectivity index (χ3n) is 4.99. The van der Waals surface area contributed by atoms with Gasteiger partial charge in [-0.25, -0.2) is 13.2 Å². The molecule has 0 bridgehead atoms. The Kier molecular flexibility index (Phi) is 6.09. The number of hydrogen-bond donors (Lipinski definition) is 2. The molecule has 2 N–H and O–H groups in total. The van der Waals surface area contributed by atoms with Crippen LogP contribution in [0.5, 0.6) is 0 Å². The Hall–Kier alpha value is -2.62. The summed E-state index contributed by atoms with van der Waals surface area (Å²) in [6, 6.07) is 1.05. The van der Waals surface area contributed by atoms with Gasteiger partial charge in [0.25, 0.3) is 6.47 Å². The summed E-state index contributed by atoms with van der Waals surface area (Å²) in [5.74, 6) is -5.03. The molecule has 0 aromatic heterocycles. The fourth-order valence-electron chi connectivity index (χ4n) is 3.81. The maximum atomic E-state index is 13.7. The summed E-state index contributed by atoms with van der Waals surface area (Å²) in [4.78, 5) is 35.7. The molecule has 2 atom stereocenters. The predicted molar refractivity (Wildman–Crippen MR) is 86.3 cm³/mol. The van der Waals surface area contributed by atoms with Crippen LogP contribution >= 0.6 is 0 Å². The Bertz CT molecular complexity index is 737. The van der Waals surface area contributed by atoms with Crippen molar-refractivity contribution in [2.75, 3.05) is 33.2 Å². The molecule has 1 aromatic carbocycles. The van der Waals surface area contributed by atoms with Gasteiger partial charge in [0.15, 0.2) is 0 Å². The first kappa shape index (κ1) is 20.7. The van der Waals surface area contributed by atoms with Gasteiger partial charge in [-0.15, -0.1) is 0 Å². The molecule has 2 aliphatic rings. The highest BCUT2D eigenvalue weighted by Crippen LogP contribution is 2.42. The Morgan fingerprint density at radius 1 is 1.22 bits per heavy atom. The van der Waals surface area contributed by atoms with Crippen LogP contribution in [0.15, 0.2) is 12.1 Å². The first-order valence-electron chi connectivity index (χ1n) is 8.05. The maximum Gasteiger partial charge on any atom is 0.313 e. The summed E-state index contributed by atoms with van der Waals surface area (Å²) >= 11 is 0. The molecule has 148 valence electrons. The van der Waals surface area contributed by atoms with Gasteiger partial charge in [0.2, 0.25) is 5.91 Å². The molecule has 1 amide bonds. The van der Waals surface area contributed by atoms with Gasteiger partial charge in [-0.3, -0.25) is 14.4 Å². The number of nitrogens with zero attached hydrogens (tertiary/aromatic N) is 2. The maximum absolute atomic E-state index is 13.7. The van der Waals surface area contributed by atoms with E-state index in [0.717, 1.165) is 0 Å². The van der Waals surface area contributed by atoms with Crippen molar-refractivity contribution in [3.8, 4) is 0 Å². The zero-order valence-corrected chi connectivity index (χ0v) is 14.5. The molecule has 0 aliphatic carbocycles. The van der Waals surface area contributed by atoms with Gasteiger partial charge < -0.3 is 20.0 Å². The molecule has 0 spiro atoms. The van der Waals surface area contributed by atoms with E-state index >= 15 is 0 Å². The summed E-state index contributed by atoms with van der Waals surface area (Å²) in [7, 11) is 1.82. The van der Waals surface area contributed by atoms with Crippen molar-refractivity contribution in [2.45, 2.75) is 6.42 Å². The van der Waals surface area contributed by atoms with Gasteiger partial charge in [0, 0.05) is 49.8 Å². The predicted octanol–water partition coefficient (Wildman–Crippen LogP) is 0.822. The fourth-order valence-corrected chi connectivity index (χ4v) is 3.81. The highest BCUT2D eigenvalue weighted by atomic mass is 19.1. The van der Waals surface area contributed by atoms with Crippen molar-refractivity contribution in [1.82, 2.24) is 9.80 Å². The van der Waals surface area contributed by atoms with Crippen LogP contribution in [0.2, 0.25) is 0 Å². The number of hydrogen-bond acceptors (Lipinski definition) is 4.